The van der Waals surface area contributed by atoms with Gasteiger partial charge in [-0.3, -0.25) is 9.59 Å². The maximum Gasteiger partial charge on any atom is 0.271 e. The van der Waals surface area contributed by atoms with Crippen LogP contribution in [0.2, 0.25) is 5.02 Å². The average Bonchev–Trinajstić information content (AvgIpc) is 3.20. The minimum Gasteiger partial charge on any atom is -0.507 e. The molecule has 1 saturated heterocycles. The first-order chi connectivity index (χ1) is 14.0. The molecule has 1 aliphatic heterocycles. The van der Waals surface area contributed by atoms with Crippen LogP contribution in [0.1, 0.15) is 38.3 Å². The maximum atomic E-state index is 12.6. The van der Waals surface area contributed by atoms with Gasteiger partial charge >= 0.3 is 0 Å². The van der Waals surface area contributed by atoms with Gasteiger partial charge in [-0.15, -0.1) is 0 Å². The molecule has 0 saturated carbocycles. The molecule has 150 valence electrons. The predicted octanol–water partition coefficient (Wildman–Crippen LogP) is 2.60. The fourth-order valence-electron chi connectivity index (χ4n) is 3.58. The van der Waals surface area contributed by atoms with Gasteiger partial charge in [-0.1, -0.05) is 17.7 Å². The van der Waals surface area contributed by atoms with E-state index in [1.54, 1.807) is 35.2 Å². The van der Waals surface area contributed by atoms with Gasteiger partial charge in [0.1, 0.15) is 5.75 Å². The Bertz CT molecular complexity index is 999. The molecule has 2 aromatic rings. The number of amides is 2. The normalized spacial score (nSPS) is 17.3. The monoisotopic (exact) mass is 413 g/mol. The number of carbonyl (C=O) groups is 2. The smallest absolute Gasteiger partial charge is 0.271 e. The molecule has 29 heavy (non-hydrogen) atoms. The fraction of sp³-hybridized carbons (Fsp3) is 0.286. The Balaban J connectivity index is 1.50. The molecule has 4 rings (SSSR count). The van der Waals surface area contributed by atoms with E-state index >= 15 is 0 Å². The molecule has 0 radical (unpaired) electrons. The highest BCUT2D eigenvalue weighted by Crippen LogP contribution is 2.35. The van der Waals surface area contributed by atoms with Crippen LogP contribution in [0.5, 0.6) is 5.75 Å². The van der Waals surface area contributed by atoms with Crippen LogP contribution in [0, 0.1) is 0 Å². The Morgan fingerprint density at radius 1 is 1.10 bits per heavy atom. The molecule has 1 fully saturated rings. The molecule has 8 heteroatoms. The van der Waals surface area contributed by atoms with Gasteiger partial charge in [0.25, 0.3) is 11.8 Å². The summed E-state index contributed by atoms with van der Waals surface area (Å²) in [5.74, 6) is -0.462. The lowest BCUT2D eigenvalue weighted by molar-refractivity contribution is 0.0303. The number of halogens is 1. The van der Waals surface area contributed by atoms with E-state index in [1.807, 2.05) is 0 Å². The molecule has 0 spiro atoms. The molecule has 1 heterocycles. The number of benzene rings is 2. The zero-order chi connectivity index (χ0) is 20.4. The van der Waals surface area contributed by atoms with Gasteiger partial charge in [-0.05, 0) is 48.7 Å². The van der Waals surface area contributed by atoms with Gasteiger partial charge in [0.05, 0.1) is 18.9 Å². The minimum absolute atomic E-state index is 0.0907. The standard InChI is InChI=1S/C21H20ClN3O4/c22-16-5-7-18(26)19-15(16)4-6-17(19)23-24-20(27)13-2-1-3-14(12-13)21(28)25-8-10-29-11-9-25/h1-3,5,7,12,26H,4,6,8-11H2,(H,24,27)/b23-17+. The number of hydrogen-bond acceptors (Lipinski definition) is 5. The molecular formula is C21H20ClN3O4. The van der Waals surface area contributed by atoms with Crippen molar-refractivity contribution in [3.05, 3.63) is 63.7 Å². The van der Waals surface area contributed by atoms with Crippen molar-refractivity contribution in [1.82, 2.24) is 10.3 Å². The van der Waals surface area contributed by atoms with Crippen molar-refractivity contribution in [3.8, 4) is 5.75 Å². The Hall–Kier alpha value is -2.90. The van der Waals surface area contributed by atoms with Crippen LogP contribution < -0.4 is 5.43 Å². The zero-order valence-corrected chi connectivity index (χ0v) is 16.4. The van der Waals surface area contributed by atoms with E-state index in [0.29, 0.717) is 66.6 Å². The van der Waals surface area contributed by atoms with Gasteiger partial charge < -0.3 is 14.7 Å². The number of fused-ring (bicyclic) bond motifs is 1. The van der Waals surface area contributed by atoms with Crippen molar-refractivity contribution in [2.45, 2.75) is 12.8 Å². The number of hydrazone groups is 1. The van der Waals surface area contributed by atoms with Gasteiger partial charge in [0, 0.05) is 34.8 Å². The Morgan fingerprint density at radius 3 is 2.66 bits per heavy atom. The number of phenolic OH excluding ortho intramolecular Hbond substituents is 1. The third kappa shape index (κ3) is 3.97. The molecule has 7 nitrogen and oxygen atoms in total. The summed E-state index contributed by atoms with van der Waals surface area (Å²) in [6.45, 7) is 2.10. The first-order valence-electron chi connectivity index (χ1n) is 9.39. The lowest BCUT2D eigenvalue weighted by Crippen LogP contribution is -2.40. The van der Waals surface area contributed by atoms with Crippen LogP contribution in [0.3, 0.4) is 0 Å². The summed E-state index contributed by atoms with van der Waals surface area (Å²) < 4.78 is 5.27. The van der Waals surface area contributed by atoms with Gasteiger partial charge in [0.15, 0.2) is 0 Å². The third-order valence-corrected chi connectivity index (χ3v) is 5.45. The third-order valence-electron chi connectivity index (χ3n) is 5.10. The van der Waals surface area contributed by atoms with E-state index < -0.39 is 5.91 Å². The summed E-state index contributed by atoms with van der Waals surface area (Å²) in [5.41, 5.74) is 5.29. The van der Waals surface area contributed by atoms with Gasteiger partial charge in [-0.25, -0.2) is 5.43 Å². The first-order valence-corrected chi connectivity index (χ1v) is 9.77. The van der Waals surface area contributed by atoms with Crippen molar-refractivity contribution in [3.63, 3.8) is 0 Å². The Labute approximate surface area is 172 Å². The van der Waals surface area contributed by atoms with Crippen molar-refractivity contribution < 1.29 is 19.4 Å². The van der Waals surface area contributed by atoms with Crippen molar-refractivity contribution in [1.29, 1.82) is 0 Å². The van der Waals surface area contributed by atoms with E-state index in [9.17, 15) is 14.7 Å². The topological polar surface area (TPSA) is 91.2 Å². The number of phenols is 1. The first kappa shape index (κ1) is 19.4. The summed E-state index contributed by atoms with van der Waals surface area (Å²) in [7, 11) is 0. The molecule has 2 amide bonds. The fourth-order valence-corrected chi connectivity index (χ4v) is 3.83. The number of aromatic hydroxyl groups is 1. The van der Waals surface area contributed by atoms with Crippen molar-refractivity contribution in [2.24, 2.45) is 5.10 Å². The number of hydrogen-bond donors (Lipinski definition) is 2. The lowest BCUT2D eigenvalue weighted by atomic mass is 10.1. The molecule has 2 aliphatic rings. The number of carbonyl (C=O) groups excluding carboxylic acids is 2. The highest BCUT2D eigenvalue weighted by atomic mass is 35.5. The van der Waals surface area contributed by atoms with Crippen molar-refractivity contribution >= 4 is 29.1 Å². The largest absolute Gasteiger partial charge is 0.507 e. The quantitative estimate of drug-likeness (QED) is 0.756. The minimum atomic E-state index is -0.427. The number of nitrogens with one attached hydrogen (secondary N) is 1. The van der Waals surface area contributed by atoms with Gasteiger partial charge in [-0.2, -0.15) is 5.10 Å². The van der Waals surface area contributed by atoms with E-state index in [-0.39, 0.29) is 11.7 Å². The van der Waals surface area contributed by atoms with Crippen LogP contribution in [0.25, 0.3) is 0 Å². The second-order valence-electron chi connectivity index (χ2n) is 6.90. The van der Waals surface area contributed by atoms with Crippen molar-refractivity contribution in [2.75, 3.05) is 26.3 Å². The second kappa shape index (κ2) is 8.23. The molecule has 0 unspecified atom stereocenters. The number of nitrogens with zero attached hydrogens (tertiary/aromatic N) is 2. The zero-order valence-electron chi connectivity index (χ0n) is 15.7. The molecule has 2 N–H and O–H groups in total. The molecule has 2 aromatic carbocycles. The maximum absolute atomic E-state index is 12.6. The van der Waals surface area contributed by atoms with Crippen LogP contribution in [-0.4, -0.2) is 53.8 Å². The summed E-state index contributed by atoms with van der Waals surface area (Å²) in [5, 5.41) is 14.9. The number of morpholine rings is 1. The second-order valence-corrected chi connectivity index (χ2v) is 7.31. The summed E-state index contributed by atoms with van der Waals surface area (Å²) in [6, 6.07) is 9.71. The van der Waals surface area contributed by atoms with Gasteiger partial charge in [0.2, 0.25) is 0 Å². The van der Waals surface area contributed by atoms with Crippen LogP contribution in [0.4, 0.5) is 0 Å². The molecular weight excluding hydrogens is 394 g/mol. The molecule has 1 aliphatic carbocycles. The summed E-state index contributed by atoms with van der Waals surface area (Å²) in [6.07, 6.45) is 1.23. The highest BCUT2D eigenvalue weighted by molar-refractivity contribution is 6.32. The average molecular weight is 414 g/mol. The molecule has 0 atom stereocenters. The Kier molecular flexibility index (Phi) is 5.51. The summed E-state index contributed by atoms with van der Waals surface area (Å²) in [4.78, 5) is 26.9. The Morgan fingerprint density at radius 2 is 1.86 bits per heavy atom. The predicted molar refractivity (Wildman–Crippen MR) is 109 cm³/mol. The molecule has 0 bridgehead atoms. The van der Waals surface area contributed by atoms with E-state index in [1.165, 1.54) is 6.07 Å². The van der Waals surface area contributed by atoms with Crippen LogP contribution >= 0.6 is 11.6 Å². The molecule has 0 aromatic heterocycles. The lowest BCUT2D eigenvalue weighted by Gasteiger charge is -2.26. The number of ether oxygens (including phenoxy) is 1. The van der Waals surface area contributed by atoms with Crippen LogP contribution in [0.15, 0.2) is 41.5 Å². The van der Waals surface area contributed by atoms with E-state index in [4.69, 9.17) is 16.3 Å². The highest BCUT2D eigenvalue weighted by Gasteiger charge is 2.24. The van der Waals surface area contributed by atoms with E-state index in [2.05, 4.69) is 10.5 Å². The number of rotatable bonds is 3. The van der Waals surface area contributed by atoms with Crippen LogP contribution in [-0.2, 0) is 11.2 Å². The summed E-state index contributed by atoms with van der Waals surface area (Å²) >= 11 is 6.18. The van der Waals surface area contributed by atoms with E-state index in [0.717, 1.165) is 5.56 Å². The SMILES string of the molecule is O=C(N/N=C1\CCc2c(Cl)ccc(O)c21)c1cccc(C(=O)N2CCOCC2)c1.